The van der Waals surface area contributed by atoms with E-state index in [0.717, 1.165) is 36.4 Å². The molecule has 1 unspecified atom stereocenters. The molecule has 1 aliphatic heterocycles. The van der Waals surface area contributed by atoms with Gasteiger partial charge in [-0.05, 0) is 63.4 Å². The number of ether oxygens (including phenoxy) is 1. The van der Waals surface area contributed by atoms with Crippen molar-refractivity contribution < 1.29 is 9.53 Å². The zero-order chi connectivity index (χ0) is 21.1. The van der Waals surface area contributed by atoms with Crippen molar-refractivity contribution in [3.63, 3.8) is 0 Å². The summed E-state index contributed by atoms with van der Waals surface area (Å²) in [4.78, 5) is 19.9. The number of nitrogens with one attached hydrogen (secondary N) is 1. The molecule has 0 radical (unpaired) electrons. The van der Waals surface area contributed by atoms with Crippen LogP contribution in [-0.4, -0.2) is 45.9 Å². The predicted molar refractivity (Wildman–Crippen MR) is 118 cm³/mol. The van der Waals surface area contributed by atoms with E-state index in [-0.39, 0.29) is 5.91 Å². The number of fused-ring (bicyclic) bond motifs is 1. The molecular weight excluding hydrogens is 376 g/mol. The number of aromatic nitrogens is 2. The van der Waals surface area contributed by atoms with Crippen molar-refractivity contribution in [2.24, 2.45) is 5.92 Å². The number of aryl methyl sites for hydroxylation is 1. The van der Waals surface area contributed by atoms with E-state index in [9.17, 15) is 4.79 Å². The molecule has 1 N–H and O–H groups in total. The van der Waals surface area contributed by atoms with Gasteiger partial charge in [-0.25, -0.2) is 4.98 Å². The molecule has 4 rings (SSSR count). The summed E-state index contributed by atoms with van der Waals surface area (Å²) in [6.45, 7) is 9.65. The molecule has 1 aromatic carbocycles. The highest BCUT2D eigenvalue weighted by Gasteiger charge is 2.24. The van der Waals surface area contributed by atoms with Gasteiger partial charge >= 0.3 is 0 Å². The van der Waals surface area contributed by atoms with Crippen molar-refractivity contribution in [3.05, 3.63) is 65.6 Å². The Balaban J connectivity index is 1.38. The molecule has 0 bridgehead atoms. The molecule has 1 atom stereocenters. The van der Waals surface area contributed by atoms with Gasteiger partial charge < -0.3 is 19.4 Å². The molecule has 1 aliphatic rings. The van der Waals surface area contributed by atoms with Gasteiger partial charge in [0.05, 0.1) is 11.3 Å². The van der Waals surface area contributed by atoms with Gasteiger partial charge in [0, 0.05) is 31.5 Å². The molecular formula is C24H30N4O2. The number of pyridine rings is 1. The molecule has 6 heteroatoms. The van der Waals surface area contributed by atoms with Gasteiger partial charge in [0.1, 0.15) is 18.0 Å². The lowest BCUT2D eigenvalue weighted by atomic mass is 10.1. The van der Waals surface area contributed by atoms with Crippen LogP contribution in [0.5, 0.6) is 5.75 Å². The zero-order valence-corrected chi connectivity index (χ0v) is 18.0. The van der Waals surface area contributed by atoms with Crippen molar-refractivity contribution in [2.75, 3.05) is 19.6 Å². The van der Waals surface area contributed by atoms with Crippen LogP contribution in [0.15, 0.2) is 48.8 Å². The summed E-state index contributed by atoms with van der Waals surface area (Å²) in [5.41, 5.74) is 3.44. The topological polar surface area (TPSA) is 58.9 Å². The first-order valence-electron chi connectivity index (χ1n) is 10.7. The Bertz CT molecular complexity index is 1030. The fraction of sp³-hybridized carbons (Fsp3) is 0.417. The molecule has 158 valence electrons. The van der Waals surface area contributed by atoms with E-state index in [0.29, 0.717) is 36.4 Å². The Morgan fingerprint density at radius 2 is 2.10 bits per heavy atom. The van der Waals surface area contributed by atoms with E-state index >= 15 is 0 Å². The van der Waals surface area contributed by atoms with Gasteiger partial charge in [0.2, 0.25) is 0 Å². The number of hydrogen-bond acceptors (Lipinski definition) is 4. The zero-order valence-electron chi connectivity index (χ0n) is 18.0. The third-order valence-electron chi connectivity index (χ3n) is 5.83. The summed E-state index contributed by atoms with van der Waals surface area (Å²) in [7, 11) is 0. The second kappa shape index (κ2) is 8.88. The maximum atomic E-state index is 12.8. The number of amides is 1. The lowest BCUT2D eigenvalue weighted by Crippen LogP contribution is -2.33. The Hall–Kier alpha value is -2.86. The minimum Gasteiger partial charge on any atom is -0.486 e. The Morgan fingerprint density at radius 1 is 1.27 bits per heavy atom. The van der Waals surface area contributed by atoms with Gasteiger partial charge in [-0.15, -0.1) is 0 Å². The average molecular weight is 407 g/mol. The number of likely N-dealkylation sites (tertiary alicyclic amines) is 1. The molecule has 0 aliphatic carbocycles. The van der Waals surface area contributed by atoms with Crippen molar-refractivity contribution >= 4 is 11.6 Å². The highest BCUT2D eigenvalue weighted by Crippen LogP contribution is 2.21. The number of para-hydroxylation sites is 1. The number of carbonyl (C=O) groups excluding carboxylic acids is 1. The van der Waals surface area contributed by atoms with Crippen molar-refractivity contribution in [1.29, 1.82) is 0 Å². The molecule has 6 nitrogen and oxygen atoms in total. The molecule has 30 heavy (non-hydrogen) atoms. The Kier molecular flexibility index (Phi) is 6.04. The Labute approximate surface area is 177 Å². The minimum atomic E-state index is -0.0838. The molecule has 3 heterocycles. The maximum Gasteiger partial charge on any atom is 0.255 e. The van der Waals surface area contributed by atoms with E-state index in [1.54, 1.807) is 0 Å². The van der Waals surface area contributed by atoms with Crippen LogP contribution >= 0.6 is 0 Å². The Morgan fingerprint density at radius 3 is 2.87 bits per heavy atom. The first kappa shape index (κ1) is 20.4. The van der Waals surface area contributed by atoms with Crippen LogP contribution in [0.25, 0.3) is 5.65 Å². The second-order valence-corrected chi connectivity index (χ2v) is 8.39. The van der Waals surface area contributed by atoms with Gasteiger partial charge in [-0.2, -0.15) is 0 Å². The van der Waals surface area contributed by atoms with Crippen LogP contribution in [0.3, 0.4) is 0 Å². The number of benzene rings is 1. The van der Waals surface area contributed by atoms with Gasteiger partial charge in [-0.3, -0.25) is 4.79 Å². The van der Waals surface area contributed by atoms with Crippen LogP contribution < -0.4 is 10.1 Å². The second-order valence-electron chi connectivity index (χ2n) is 8.39. The summed E-state index contributed by atoms with van der Waals surface area (Å²) < 4.78 is 7.98. The van der Waals surface area contributed by atoms with Crippen molar-refractivity contribution in [2.45, 2.75) is 39.8 Å². The minimum absolute atomic E-state index is 0.0838. The molecule has 0 saturated carbocycles. The molecule has 1 fully saturated rings. The van der Waals surface area contributed by atoms with Crippen LogP contribution in [-0.2, 0) is 6.61 Å². The summed E-state index contributed by atoms with van der Waals surface area (Å²) in [5, 5.41) is 3.10. The van der Waals surface area contributed by atoms with E-state index in [1.165, 1.54) is 0 Å². The number of rotatable bonds is 7. The largest absolute Gasteiger partial charge is 0.486 e. The lowest BCUT2D eigenvalue weighted by Gasteiger charge is -2.20. The predicted octanol–water partition coefficient (Wildman–Crippen LogP) is 3.68. The van der Waals surface area contributed by atoms with Crippen LogP contribution in [0.1, 0.15) is 41.9 Å². The highest BCUT2D eigenvalue weighted by atomic mass is 16.5. The first-order chi connectivity index (χ1) is 14.5. The van der Waals surface area contributed by atoms with Gasteiger partial charge in [0.25, 0.3) is 5.91 Å². The lowest BCUT2D eigenvalue weighted by molar-refractivity contribution is 0.0942. The summed E-state index contributed by atoms with van der Waals surface area (Å²) in [6, 6.07) is 12.0. The van der Waals surface area contributed by atoms with Gasteiger partial charge in [-0.1, -0.05) is 18.2 Å². The van der Waals surface area contributed by atoms with E-state index in [2.05, 4.69) is 29.0 Å². The van der Waals surface area contributed by atoms with Crippen LogP contribution in [0.4, 0.5) is 0 Å². The number of carbonyl (C=O) groups is 1. The van der Waals surface area contributed by atoms with Gasteiger partial charge in [0.15, 0.2) is 0 Å². The molecule has 2 aromatic heterocycles. The summed E-state index contributed by atoms with van der Waals surface area (Å²) >= 11 is 0. The summed E-state index contributed by atoms with van der Waals surface area (Å²) in [6.07, 6.45) is 5.07. The highest BCUT2D eigenvalue weighted by molar-refractivity contribution is 5.96. The van der Waals surface area contributed by atoms with E-state index in [1.807, 2.05) is 60.1 Å². The first-order valence-corrected chi connectivity index (χ1v) is 10.7. The maximum absolute atomic E-state index is 12.8. The SMILES string of the molecule is Cc1cccn2cc(COc3ccccc3C(=O)NCC3CCN(C(C)C)C3)nc12. The van der Waals surface area contributed by atoms with E-state index < -0.39 is 0 Å². The molecule has 3 aromatic rings. The normalized spacial score (nSPS) is 17.0. The fourth-order valence-corrected chi connectivity index (χ4v) is 4.04. The summed E-state index contributed by atoms with van der Waals surface area (Å²) in [5.74, 6) is 1.00. The standard InChI is InChI=1S/C24H30N4O2/c1-17(2)27-12-10-19(14-27)13-25-24(29)21-8-4-5-9-22(21)30-16-20-15-28-11-6-7-18(3)23(28)26-20/h4-9,11,15,17,19H,10,12-14,16H2,1-3H3,(H,25,29). The number of nitrogens with zero attached hydrogens (tertiary/aromatic N) is 3. The third kappa shape index (κ3) is 4.49. The third-order valence-corrected chi connectivity index (χ3v) is 5.83. The monoisotopic (exact) mass is 406 g/mol. The molecule has 0 spiro atoms. The smallest absolute Gasteiger partial charge is 0.255 e. The van der Waals surface area contributed by atoms with E-state index in [4.69, 9.17) is 4.74 Å². The van der Waals surface area contributed by atoms with Crippen LogP contribution in [0.2, 0.25) is 0 Å². The fourth-order valence-electron chi connectivity index (χ4n) is 4.04. The van der Waals surface area contributed by atoms with Crippen molar-refractivity contribution in [3.8, 4) is 5.75 Å². The van der Waals surface area contributed by atoms with Crippen molar-refractivity contribution in [1.82, 2.24) is 19.6 Å². The quantitative estimate of drug-likeness (QED) is 0.650. The number of hydrogen-bond donors (Lipinski definition) is 1. The number of imidazole rings is 1. The molecule has 1 amide bonds. The van der Waals surface area contributed by atoms with Crippen LogP contribution in [0, 0.1) is 12.8 Å². The molecule has 1 saturated heterocycles. The average Bonchev–Trinajstić information content (AvgIpc) is 3.38.